The van der Waals surface area contributed by atoms with Crippen LogP contribution in [0.2, 0.25) is 0 Å². The van der Waals surface area contributed by atoms with Gasteiger partial charge in [0.1, 0.15) is 17.4 Å². The largest absolute Gasteiger partial charge is 0.484 e. The maximum atomic E-state index is 9.10. The van der Waals surface area contributed by atoms with Crippen molar-refractivity contribution in [3.8, 4) is 5.75 Å². The summed E-state index contributed by atoms with van der Waals surface area (Å²) in [6.45, 7) is 5.63. The summed E-state index contributed by atoms with van der Waals surface area (Å²) in [5.74, 6) is -2.58. The Kier molecular flexibility index (Phi) is 5.51. The van der Waals surface area contributed by atoms with Crippen molar-refractivity contribution in [2.75, 3.05) is 19.6 Å². The van der Waals surface area contributed by atoms with Crippen molar-refractivity contribution in [3.63, 3.8) is 0 Å². The van der Waals surface area contributed by atoms with E-state index in [1.165, 1.54) is 5.56 Å². The summed E-state index contributed by atoms with van der Waals surface area (Å²) in [5, 5.41) is 14.8. The predicted molar refractivity (Wildman–Crippen MR) is 99.0 cm³/mol. The van der Waals surface area contributed by atoms with Gasteiger partial charge in [0.05, 0.1) is 0 Å². The van der Waals surface area contributed by atoms with Gasteiger partial charge in [0.25, 0.3) is 0 Å². The summed E-state index contributed by atoms with van der Waals surface area (Å²) in [5.41, 5.74) is 1.26. The van der Waals surface area contributed by atoms with Crippen molar-refractivity contribution < 1.29 is 24.5 Å². The number of nitrogens with zero attached hydrogens (tertiary/aromatic N) is 2. The second-order valence-electron chi connectivity index (χ2n) is 6.78. The average Bonchev–Trinajstić information content (AvgIpc) is 3.28. The van der Waals surface area contributed by atoms with Crippen LogP contribution in [0.3, 0.4) is 0 Å². The summed E-state index contributed by atoms with van der Waals surface area (Å²) in [7, 11) is 0. The molecule has 144 valence electrons. The van der Waals surface area contributed by atoms with Gasteiger partial charge in [-0.1, -0.05) is 25.1 Å². The van der Waals surface area contributed by atoms with Gasteiger partial charge in [-0.25, -0.2) is 9.59 Å². The number of benzene rings is 1. The Labute approximate surface area is 157 Å². The van der Waals surface area contributed by atoms with E-state index in [9.17, 15) is 0 Å². The number of carboxylic acid groups (broad SMARTS) is 2. The molecule has 7 nitrogen and oxygen atoms in total. The third-order valence-electron chi connectivity index (χ3n) is 5.28. The molecule has 0 radical (unpaired) electrons. The van der Waals surface area contributed by atoms with Gasteiger partial charge < -0.3 is 24.4 Å². The first kappa shape index (κ1) is 19.0. The number of rotatable bonds is 2. The molecule has 1 fully saturated rings. The molecule has 1 saturated heterocycles. The Morgan fingerprint density at radius 3 is 2.22 bits per heavy atom. The molecule has 1 atom stereocenters. The topological polar surface area (TPSA) is 92.0 Å². The van der Waals surface area contributed by atoms with Crippen LogP contribution in [0.25, 0.3) is 0 Å². The minimum Gasteiger partial charge on any atom is -0.484 e. The first-order valence-electron chi connectivity index (χ1n) is 9.06. The van der Waals surface area contributed by atoms with Gasteiger partial charge in [0, 0.05) is 43.9 Å². The van der Waals surface area contributed by atoms with E-state index in [-0.39, 0.29) is 5.60 Å². The fraction of sp³-hybridized carbons (Fsp3) is 0.400. The van der Waals surface area contributed by atoms with Gasteiger partial charge in [0.2, 0.25) is 0 Å². The highest BCUT2D eigenvalue weighted by atomic mass is 16.5. The number of likely N-dealkylation sites (tertiary alicyclic amines) is 1. The van der Waals surface area contributed by atoms with Gasteiger partial charge in [-0.3, -0.25) is 0 Å². The number of hydrogen-bond acceptors (Lipinski definition) is 4. The predicted octanol–water partition coefficient (Wildman–Crippen LogP) is 2.48. The highest BCUT2D eigenvalue weighted by molar-refractivity contribution is 6.27. The Morgan fingerprint density at radius 1 is 1.07 bits per heavy atom. The normalized spacial score (nSPS) is 20.3. The zero-order chi connectivity index (χ0) is 19.4. The molecule has 2 aliphatic heterocycles. The van der Waals surface area contributed by atoms with E-state index < -0.39 is 11.9 Å². The molecule has 0 bridgehead atoms. The summed E-state index contributed by atoms with van der Waals surface area (Å²) in [6.07, 6.45) is 6.53. The highest BCUT2D eigenvalue weighted by Gasteiger charge is 2.50. The van der Waals surface area contributed by atoms with Crippen LogP contribution in [-0.2, 0) is 9.59 Å². The average molecular weight is 372 g/mol. The van der Waals surface area contributed by atoms with E-state index >= 15 is 0 Å². The van der Waals surface area contributed by atoms with Crippen molar-refractivity contribution in [1.29, 1.82) is 0 Å². The summed E-state index contributed by atoms with van der Waals surface area (Å²) < 4.78 is 8.84. The molecular formula is C20H24N2O5. The smallest absolute Gasteiger partial charge is 0.414 e. The SMILES string of the molecule is CCN1CCC2(CC1)Oc1ccccc1C2n1cccc1.O=C(O)C(=O)O. The Hall–Kier alpha value is -2.80. The second kappa shape index (κ2) is 7.84. The van der Waals surface area contributed by atoms with Crippen LogP contribution in [0, 0.1) is 0 Å². The van der Waals surface area contributed by atoms with E-state index in [1.807, 2.05) is 0 Å². The molecule has 2 aliphatic rings. The number of piperidine rings is 1. The molecule has 2 N–H and O–H groups in total. The second-order valence-corrected chi connectivity index (χ2v) is 6.78. The third kappa shape index (κ3) is 3.83. The van der Waals surface area contributed by atoms with Crippen LogP contribution in [-0.4, -0.2) is 56.9 Å². The van der Waals surface area contributed by atoms with Gasteiger partial charge in [-0.2, -0.15) is 0 Å². The number of para-hydroxylation sites is 1. The van der Waals surface area contributed by atoms with Crippen LogP contribution < -0.4 is 4.74 Å². The molecule has 4 rings (SSSR count). The lowest BCUT2D eigenvalue weighted by Crippen LogP contribution is -2.50. The molecule has 1 unspecified atom stereocenters. The molecule has 2 aromatic rings. The highest BCUT2D eigenvalue weighted by Crippen LogP contribution is 2.50. The zero-order valence-corrected chi connectivity index (χ0v) is 15.2. The monoisotopic (exact) mass is 372 g/mol. The van der Waals surface area contributed by atoms with Crippen LogP contribution in [0.5, 0.6) is 5.75 Å². The summed E-state index contributed by atoms with van der Waals surface area (Å²) in [6, 6.07) is 13.1. The van der Waals surface area contributed by atoms with Crippen molar-refractivity contribution in [2.24, 2.45) is 0 Å². The van der Waals surface area contributed by atoms with Crippen molar-refractivity contribution >= 4 is 11.9 Å². The first-order valence-corrected chi connectivity index (χ1v) is 9.06. The first-order chi connectivity index (χ1) is 13.0. The molecule has 1 aromatic heterocycles. The Morgan fingerprint density at radius 2 is 1.67 bits per heavy atom. The maximum Gasteiger partial charge on any atom is 0.414 e. The standard InChI is InChI=1S/C18H22N2O.C2H2O4/c1-2-19-13-9-18(10-14-19)17(20-11-5-6-12-20)15-7-3-4-8-16(15)21-18;3-1(4)2(5)6/h3-8,11-12,17H,2,9-10,13-14H2,1H3;(H,3,4)(H,5,6). The number of carboxylic acids is 2. The number of hydrogen-bond donors (Lipinski definition) is 2. The molecule has 27 heavy (non-hydrogen) atoms. The molecule has 1 aromatic carbocycles. The van der Waals surface area contributed by atoms with Crippen LogP contribution in [0.15, 0.2) is 48.8 Å². The number of carbonyl (C=O) groups is 2. The van der Waals surface area contributed by atoms with Gasteiger partial charge in [-0.05, 0) is 24.7 Å². The molecule has 0 aliphatic carbocycles. The quantitative estimate of drug-likeness (QED) is 0.787. The zero-order valence-electron chi connectivity index (χ0n) is 15.2. The van der Waals surface area contributed by atoms with Crippen LogP contribution >= 0.6 is 0 Å². The Balaban J connectivity index is 0.000000307. The van der Waals surface area contributed by atoms with E-state index in [4.69, 9.17) is 24.5 Å². The maximum absolute atomic E-state index is 9.10. The molecule has 7 heteroatoms. The van der Waals surface area contributed by atoms with Gasteiger partial charge >= 0.3 is 11.9 Å². The van der Waals surface area contributed by atoms with E-state index in [0.29, 0.717) is 6.04 Å². The third-order valence-corrected chi connectivity index (χ3v) is 5.28. The van der Waals surface area contributed by atoms with Crippen molar-refractivity contribution in [3.05, 3.63) is 54.4 Å². The van der Waals surface area contributed by atoms with Gasteiger partial charge in [-0.15, -0.1) is 0 Å². The lowest BCUT2D eigenvalue weighted by atomic mass is 9.82. The summed E-state index contributed by atoms with van der Waals surface area (Å²) >= 11 is 0. The minimum atomic E-state index is -1.82. The number of aromatic nitrogens is 1. The molecule has 0 saturated carbocycles. The summed E-state index contributed by atoms with van der Waals surface area (Å²) in [4.78, 5) is 20.7. The minimum absolute atomic E-state index is 0.0750. The van der Waals surface area contributed by atoms with E-state index in [2.05, 4.69) is 65.2 Å². The molecule has 0 amide bonds. The number of ether oxygens (including phenoxy) is 1. The lowest BCUT2D eigenvalue weighted by Gasteiger charge is -2.42. The van der Waals surface area contributed by atoms with E-state index in [0.717, 1.165) is 38.2 Å². The van der Waals surface area contributed by atoms with Crippen LogP contribution in [0.4, 0.5) is 0 Å². The number of aliphatic carboxylic acids is 2. The fourth-order valence-corrected chi connectivity index (χ4v) is 3.93. The number of fused-ring (bicyclic) bond motifs is 1. The van der Waals surface area contributed by atoms with Crippen molar-refractivity contribution in [1.82, 2.24) is 9.47 Å². The Bertz CT molecular complexity index is 782. The molecule has 1 spiro atoms. The van der Waals surface area contributed by atoms with E-state index in [1.54, 1.807) is 0 Å². The molecular weight excluding hydrogens is 348 g/mol. The van der Waals surface area contributed by atoms with Crippen molar-refractivity contribution in [2.45, 2.75) is 31.4 Å². The van der Waals surface area contributed by atoms with Crippen LogP contribution in [0.1, 0.15) is 31.4 Å². The lowest BCUT2D eigenvalue weighted by molar-refractivity contribution is -0.159. The molecule has 3 heterocycles. The van der Waals surface area contributed by atoms with Gasteiger partial charge in [0.15, 0.2) is 0 Å². The fourth-order valence-electron chi connectivity index (χ4n) is 3.93.